The van der Waals surface area contributed by atoms with Gasteiger partial charge >= 0.3 is 0 Å². The first kappa shape index (κ1) is 38.8. The van der Waals surface area contributed by atoms with Gasteiger partial charge in [0.15, 0.2) is 0 Å². The molecular formula is C62H48N4. The highest BCUT2D eigenvalue weighted by Crippen LogP contribution is 2.49. The van der Waals surface area contributed by atoms with Crippen LogP contribution in [0.5, 0.6) is 0 Å². The normalized spacial score (nSPS) is 17.6. The number of rotatable bonds is 6. The number of fused-ring (bicyclic) bond motifs is 8. The largest absolute Gasteiger partial charge is 0.309 e. The van der Waals surface area contributed by atoms with Crippen LogP contribution in [-0.2, 0) is 5.41 Å². The van der Waals surface area contributed by atoms with Crippen LogP contribution in [0.15, 0.2) is 218 Å². The number of hydrogen-bond donors (Lipinski definition) is 3. The van der Waals surface area contributed by atoms with E-state index in [1.54, 1.807) is 0 Å². The molecule has 11 aromatic rings. The molecule has 4 nitrogen and oxygen atoms in total. The van der Waals surface area contributed by atoms with Gasteiger partial charge in [0, 0.05) is 21.9 Å². The Morgan fingerprint density at radius 2 is 0.864 bits per heavy atom. The summed E-state index contributed by atoms with van der Waals surface area (Å²) in [4.78, 5) is 0. The van der Waals surface area contributed by atoms with Crippen LogP contribution < -0.4 is 16.0 Å². The molecule has 0 spiro atoms. The molecule has 0 saturated carbocycles. The average Bonchev–Trinajstić information content (AvgIpc) is 3.83. The molecule has 13 rings (SSSR count). The second kappa shape index (κ2) is 15.3. The van der Waals surface area contributed by atoms with Crippen molar-refractivity contribution in [2.45, 2.75) is 37.8 Å². The van der Waals surface area contributed by atoms with Gasteiger partial charge in [-0.25, -0.2) is 0 Å². The Morgan fingerprint density at radius 3 is 1.56 bits per heavy atom. The van der Waals surface area contributed by atoms with Crippen LogP contribution in [0.3, 0.4) is 0 Å². The molecule has 10 aromatic carbocycles. The number of nitrogens with one attached hydrogen (secondary N) is 3. The Morgan fingerprint density at radius 1 is 0.348 bits per heavy atom. The second-order valence-electron chi connectivity index (χ2n) is 18.7. The monoisotopic (exact) mass is 848 g/mol. The summed E-state index contributed by atoms with van der Waals surface area (Å²) in [7, 11) is 0. The molecule has 0 radical (unpaired) electrons. The fourth-order valence-corrected chi connectivity index (χ4v) is 11.0. The van der Waals surface area contributed by atoms with Crippen molar-refractivity contribution in [2.24, 2.45) is 0 Å². The van der Waals surface area contributed by atoms with Crippen molar-refractivity contribution in [3.63, 3.8) is 0 Å². The van der Waals surface area contributed by atoms with E-state index in [1.165, 1.54) is 105 Å². The number of hydrogen-bond acceptors (Lipinski definition) is 3. The highest BCUT2D eigenvalue weighted by Gasteiger charge is 2.35. The molecule has 1 fully saturated rings. The molecule has 2 unspecified atom stereocenters. The van der Waals surface area contributed by atoms with E-state index in [2.05, 4.69) is 253 Å². The lowest BCUT2D eigenvalue weighted by Crippen LogP contribution is -2.54. The second-order valence-corrected chi connectivity index (χ2v) is 18.7. The molecule has 316 valence electrons. The number of aromatic nitrogens is 1. The van der Waals surface area contributed by atoms with Crippen LogP contribution >= 0.6 is 0 Å². The van der Waals surface area contributed by atoms with Crippen LogP contribution in [0, 0.1) is 0 Å². The first-order valence-corrected chi connectivity index (χ1v) is 23.2. The van der Waals surface area contributed by atoms with Crippen molar-refractivity contribution in [3.05, 3.63) is 246 Å². The highest BCUT2D eigenvalue weighted by molar-refractivity contribution is 6.10. The Bertz CT molecular complexity index is 3600. The van der Waals surface area contributed by atoms with Crippen molar-refractivity contribution < 1.29 is 0 Å². The lowest BCUT2D eigenvalue weighted by atomic mass is 9.81. The standard InChI is InChI=1S/C62H48N4/c1-62(2)55-20-9-7-18-51(55)52-32-28-47(38-56(52)62)45-17-11-16-44(34-45)46-29-33-58-54(37-46)53-19-8-10-21-57(53)66(58)50-30-26-41(27-31-50)59-63-60(48-24-22-39-12-3-5-14-42(39)35-48)65-61(64-59)49-25-23-40-13-4-6-15-43(40)36-49/h3-38,59-61,63-65H,1-2H3. The summed E-state index contributed by atoms with van der Waals surface area (Å²) in [5, 5.41) is 19.2. The fourth-order valence-electron chi connectivity index (χ4n) is 11.0. The minimum absolute atomic E-state index is 0.0384. The molecule has 66 heavy (non-hydrogen) atoms. The predicted octanol–water partition coefficient (Wildman–Crippen LogP) is 14.9. The first-order valence-electron chi connectivity index (χ1n) is 23.2. The van der Waals surface area contributed by atoms with Crippen molar-refractivity contribution in [1.29, 1.82) is 0 Å². The molecule has 1 aromatic heterocycles. The summed E-state index contributed by atoms with van der Waals surface area (Å²) in [5.41, 5.74) is 17.5. The zero-order valence-electron chi connectivity index (χ0n) is 37.0. The molecule has 2 heterocycles. The van der Waals surface area contributed by atoms with Gasteiger partial charge in [-0.1, -0.05) is 178 Å². The molecule has 1 saturated heterocycles. The third kappa shape index (κ3) is 6.40. The Kier molecular flexibility index (Phi) is 8.97. The Balaban J connectivity index is 0.835. The Labute approximate surface area is 385 Å². The summed E-state index contributed by atoms with van der Waals surface area (Å²) < 4.78 is 2.41. The lowest BCUT2D eigenvalue weighted by molar-refractivity contribution is 0.203. The fraction of sp³-hybridized carbons (Fsp3) is 0.0968. The molecule has 4 heteroatoms. The van der Waals surface area contributed by atoms with Gasteiger partial charge in [-0.05, 0) is 137 Å². The van der Waals surface area contributed by atoms with Crippen molar-refractivity contribution >= 4 is 43.4 Å². The van der Waals surface area contributed by atoms with E-state index >= 15 is 0 Å². The maximum absolute atomic E-state index is 3.93. The van der Waals surface area contributed by atoms with Gasteiger partial charge in [0.05, 0.1) is 29.5 Å². The smallest absolute Gasteiger partial charge is 0.0864 e. The molecule has 2 atom stereocenters. The van der Waals surface area contributed by atoms with Crippen molar-refractivity contribution in [2.75, 3.05) is 0 Å². The Hall–Kier alpha value is -7.60. The summed E-state index contributed by atoms with van der Waals surface area (Å²) in [6, 6.07) is 80.6. The molecule has 0 bridgehead atoms. The minimum Gasteiger partial charge on any atom is -0.309 e. The van der Waals surface area contributed by atoms with Gasteiger partial charge in [-0.2, -0.15) is 0 Å². The highest BCUT2D eigenvalue weighted by atomic mass is 15.4. The van der Waals surface area contributed by atoms with Crippen LogP contribution in [0.4, 0.5) is 0 Å². The van der Waals surface area contributed by atoms with E-state index in [9.17, 15) is 0 Å². The zero-order valence-corrected chi connectivity index (χ0v) is 37.0. The van der Waals surface area contributed by atoms with E-state index in [0.717, 1.165) is 5.69 Å². The first-order chi connectivity index (χ1) is 32.4. The van der Waals surface area contributed by atoms with Crippen LogP contribution in [0.25, 0.3) is 82.4 Å². The maximum Gasteiger partial charge on any atom is 0.0864 e. The maximum atomic E-state index is 3.93. The van der Waals surface area contributed by atoms with Gasteiger partial charge in [0.25, 0.3) is 0 Å². The van der Waals surface area contributed by atoms with E-state index < -0.39 is 0 Å². The number of para-hydroxylation sites is 1. The lowest BCUT2D eigenvalue weighted by Gasteiger charge is -2.40. The SMILES string of the molecule is CC1(C)c2ccccc2-c2ccc(-c3cccc(-c4ccc5c(c4)c4ccccc4n5-c4ccc(C5NC(c6ccc7ccccc7c6)NC(c6ccc7ccccc7c6)N5)cc4)c3)cc21. The van der Waals surface area contributed by atoms with Gasteiger partial charge in [0.2, 0.25) is 0 Å². The molecule has 0 amide bonds. The van der Waals surface area contributed by atoms with Gasteiger partial charge in [0.1, 0.15) is 0 Å². The van der Waals surface area contributed by atoms with Gasteiger partial charge < -0.3 is 4.57 Å². The quantitative estimate of drug-likeness (QED) is 0.156. The minimum atomic E-state index is -0.107. The molecule has 2 aliphatic rings. The summed E-state index contributed by atoms with van der Waals surface area (Å²) >= 11 is 0. The van der Waals surface area contributed by atoms with Crippen LogP contribution in [0.1, 0.15) is 60.2 Å². The zero-order chi connectivity index (χ0) is 43.9. The van der Waals surface area contributed by atoms with E-state index in [4.69, 9.17) is 0 Å². The van der Waals surface area contributed by atoms with E-state index in [0.29, 0.717) is 0 Å². The topological polar surface area (TPSA) is 41.0 Å². The number of benzene rings is 10. The predicted molar refractivity (Wildman–Crippen MR) is 275 cm³/mol. The van der Waals surface area contributed by atoms with Crippen LogP contribution in [-0.4, -0.2) is 4.57 Å². The van der Waals surface area contributed by atoms with Gasteiger partial charge in [-0.15, -0.1) is 0 Å². The van der Waals surface area contributed by atoms with E-state index in [-0.39, 0.29) is 23.9 Å². The van der Waals surface area contributed by atoms with Gasteiger partial charge in [-0.3, -0.25) is 16.0 Å². The third-order valence-corrected chi connectivity index (χ3v) is 14.5. The average molecular weight is 849 g/mol. The van der Waals surface area contributed by atoms with Crippen molar-refractivity contribution in [3.8, 4) is 39.1 Å². The number of nitrogens with zero attached hydrogens (tertiary/aromatic N) is 1. The molecule has 1 aliphatic heterocycles. The molecule has 3 N–H and O–H groups in total. The summed E-state index contributed by atoms with van der Waals surface area (Å²) in [5.74, 6) is 0. The molecular weight excluding hydrogens is 801 g/mol. The molecule has 1 aliphatic carbocycles. The van der Waals surface area contributed by atoms with Crippen LogP contribution in [0.2, 0.25) is 0 Å². The van der Waals surface area contributed by atoms with E-state index in [1.807, 2.05) is 0 Å². The van der Waals surface area contributed by atoms with Crippen molar-refractivity contribution in [1.82, 2.24) is 20.5 Å². The summed E-state index contributed by atoms with van der Waals surface area (Å²) in [6.07, 6.45) is -0.269. The third-order valence-electron chi connectivity index (χ3n) is 14.5. The summed E-state index contributed by atoms with van der Waals surface area (Å²) in [6.45, 7) is 4.71.